The molecule has 65 heavy (non-hydrogen) atoms. The highest BCUT2D eigenvalue weighted by Crippen LogP contribution is 2.46. The number of hydrogen-bond donors (Lipinski definition) is 0. The van der Waals surface area contributed by atoms with E-state index in [0.29, 0.717) is 0 Å². The maximum absolute atomic E-state index is 6.62. The summed E-state index contributed by atoms with van der Waals surface area (Å²) in [6.07, 6.45) is 0. The van der Waals surface area contributed by atoms with Gasteiger partial charge in [0.25, 0.3) is 0 Å². The first kappa shape index (κ1) is 35.9. The lowest BCUT2D eigenvalue weighted by molar-refractivity contribution is 0.669. The molecule has 0 radical (unpaired) electrons. The van der Waals surface area contributed by atoms with Crippen LogP contribution in [0.25, 0.3) is 137 Å². The second kappa shape index (κ2) is 13.9. The maximum Gasteiger partial charge on any atom is 0.143 e. The van der Waals surface area contributed by atoms with Gasteiger partial charge >= 0.3 is 0 Å². The monoisotopic (exact) mass is 827 g/mol. The zero-order chi connectivity index (χ0) is 42.6. The Morgan fingerprint density at radius 1 is 0.262 bits per heavy atom. The van der Waals surface area contributed by atoms with Crippen molar-refractivity contribution in [2.45, 2.75) is 0 Å². The summed E-state index contributed by atoms with van der Waals surface area (Å²) in [4.78, 5) is 0. The molecule has 0 aliphatic heterocycles. The first-order valence-electron chi connectivity index (χ1n) is 22.2. The molecule has 3 heteroatoms. The first-order chi connectivity index (χ1) is 32.2. The third-order valence-electron chi connectivity index (χ3n) is 13.6. The largest absolute Gasteiger partial charge is 0.455 e. The number of benzene rings is 11. The molecular weight excluding hydrogens is 791 g/mol. The molecule has 0 amide bonds. The smallest absolute Gasteiger partial charge is 0.143 e. The molecular formula is C62H37NO2. The number of hydrogen-bond acceptors (Lipinski definition) is 2. The number of rotatable bonds is 5. The van der Waals surface area contributed by atoms with Crippen molar-refractivity contribution in [3.63, 3.8) is 0 Å². The van der Waals surface area contributed by atoms with Crippen LogP contribution in [0.1, 0.15) is 0 Å². The number of aromatic nitrogens is 1. The van der Waals surface area contributed by atoms with Crippen LogP contribution < -0.4 is 0 Å². The molecule has 302 valence electrons. The number of fused-ring (bicyclic) bond motifs is 11. The molecule has 0 bridgehead atoms. The van der Waals surface area contributed by atoms with Gasteiger partial charge in [-0.2, -0.15) is 0 Å². The minimum absolute atomic E-state index is 0.893. The van der Waals surface area contributed by atoms with E-state index in [0.717, 1.165) is 82.9 Å². The molecule has 14 rings (SSSR count). The van der Waals surface area contributed by atoms with Crippen molar-refractivity contribution in [3.05, 3.63) is 224 Å². The van der Waals surface area contributed by atoms with Crippen LogP contribution in [0.5, 0.6) is 0 Å². The fraction of sp³-hybridized carbons (Fsp3) is 0. The Bertz CT molecular complexity index is 4060. The predicted molar refractivity (Wildman–Crippen MR) is 272 cm³/mol. The van der Waals surface area contributed by atoms with Gasteiger partial charge in [-0.15, -0.1) is 0 Å². The van der Waals surface area contributed by atoms with Crippen LogP contribution in [0.3, 0.4) is 0 Å². The summed E-state index contributed by atoms with van der Waals surface area (Å²) in [5.41, 5.74) is 16.1. The van der Waals surface area contributed by atoms with Gasteiger partial charge in [-0.25, -0.2) is 0 Å². The summed E-state index contributed by atoms with van der Waals surface area (Å²) < 4.78 is 15.7. The molecule has 0 atom stereocenters. The molecule has 14 aromatic rings. The van der Waals surface area contributed by atoms with Crippen molar-refractivity contribution >= 4 is 87.2 Å². The van der Waals surface area contributed by atoms with Crippen LogP contribution in [0.15, 0.2) is 233 Å². The van der Waals surface area contributed by atoms with Gasteiger partial charge in [-0.05, 0) is 91.3 Å². The van der Waals surface area contributed by atoms with Gasteiger partial charge in [-0.3, -0.25) is 0 Å². The molecule has 3 nitrogen and oxygen atoms in total. The van der Waals surface area contributed by atoms with Gasteiger partial charge in [0.15, 0.2) is 0 Å². The molecule has 3 heterocycles. The van der Waals surface area contributed by atoms with E-state index < -0.39 is 0 Å². The standard InChI is InChI=1S/C62H37NO2/c1-3-15-38(16-4-1)59-49-21-7-8-22-50(49)60(39-17-5-2-6-18-39)54-37-42(31-34-51(54)59)63-55-35-40(43-23-13-25-52-47-19-9-11-27-57(47)64-61(43)52)29-32-45(55)46-33-30-41(36-56(46)63)44-24-14-26-53-48-20-10-12-28-58(48)65-62(44)53/h1-37H. The van der Waals surface area contributed by atoms with E-state index in [4.69, 9.17) is 8.83 Å². The lowest BCUT2D eigenvalue weighted by Crippen LogP contribution is -1.97. The van der Waals surface area contributed by atoms with Gasteiger partial charge in [0, 0.05) is 49.1 Å². The van der Waals surface area contributed by atoms with Gasteiger partial charge in [0.05, 0.1) is 11.0 Å². The molecule has 0 fully saturated rings. The average Bonchev–Trinajstić information content (AvgIpc) is 4.05. The highest BCUT2D eigenvalue weighted by Gasteiger charge is 2.22. The molecule has 0 N–H and O–H groups in total. The number of para-hydroxylation sites is 4. The topological polar surface area (TPSA) is 31.2 Å². The van der Waals surface area contributed by atoms with E-state index in [2.05, 4.69) is 217 Å². The summed E-state index contributed by atoms with van der Waals surface area (Å²) in [5.74, 6) is 0. The highest BCUT2D eigenvalue weighted by atomic mass is 16.3. The second-order valence-corrected chi connectivity index (χ2v) is 17.1. The van der Waals surface area contributed by atoms with Crippen molar-refractivity contribution in [2.75, 3.05) is 0 Å². The van der Waals surface area contributed by atoms with E-state index >= 15 is 0 Å². The van der Waals surface area contributed by atoms with E-state index in [-0.39, 0.29) is 0 Å². The minimum atomic E-state index is 0.893. The molecule has 0 aliphatic rings. The van der Waals surface area contributed by atoms with Gasteiger partial charge < -0.3 is 13.4 Å². The van der Waals surface area contributed by atoms with Gasteiger partial charge in [-0.1, -0.05) is 188 Å². The summed E-state index contributed by atoms with van der Waals surface area (Å²) in [7, 11) is 0. The second-order valence-electron chi connectivity index (χ2n) is 17.1. The Balaban J connectivity index is 1.09. The summed E-state index contributed by atoms with van der Waals surface area (Å²) in [5, 5.41) is 11.7. The molecule has 0 aliphatic carbocycles. The lowest BCUT2D eigenvalue weighted by Gasteiger charge is -2.19. The lowest BCUT2D eigenvalue weighted by atomic mass is 9.86. The van der Waals surface area contributed by atoms with E-state index in [1.54, 1.807) is 0 Å². The third kappa shape index (κ3) is 5.36. The molecule has 11 aromatic carbocycles. The predicted octanol–water partition coefficient (Wildman–Crippen LogP) is 17.6. The van der Waals surface area contributed by atoms with Crippen molar-refractivity contribution in [3.8, 4) is 50.2 Å². The van der Waals surface area contributed by atoms with Gasteiger partial charge in [0.2, 0.25) is 0 Å². The Kier molecular flexibility index (Phi) is 7.69. The molecule has 0 unspecified atom stereocenters. The quantitative estimate of drug-likeness (QED) is 0.162. The Labute approximate surface area is 373 Å². The Hall–Kier alpha value is -8.66. The first-order valence-corrected chi connectivity index (χ1v) is 22.2. The summed E-state index contributed by atoms with van der Waals surface area (Å²) in [6, 6.07) is 81.1. The van der Waals surface area contributed by atoms with Crippen molar-refractivity contribution in [1.82, 2.24) is 4.57 Å². The van der Waals surface area contributed by atoms with Crippen LogP contribution in [0.4, 0.5) is 0 Å². The van der Waals surface area contributed by atoms with E-state index in [1.807, 2.05) is 12.1 Å². The van der Waals surface area contributed by atoms with Crippen molar-refractivity contribution in [1.29, 1.82) is 0 Å². The maximum atomic E-state index is 6.62. The summed E-state index contributed by atoms with van der Waals surface area (Å²) >= 11 is 0. The van der Waals surface area contributed by atoms with E-state index in [1.165, 1.54) is 54.6 Å². The van der Waals surface area contributed by atoms with Crippen molar-refractivity contribution < 1.29 is 8.83 Å². The van der Waals surface area contributed by atoms with Crippen LogP contribution in [0.2, 0.25) is 0 Å². The molecule has 0 saturated carbocycles. The van der Waals surface area contributed by atoms with Crippen molar-refractivity contribution in [2.24, 2.45) is 0 Å². The number of nitrogens with zero attached hydrogens (tertiary/aromatic N) is 1. The number of furan rings is 2. The zero-order valence-corrected chi connectivity index (χ0v) is 35.1. The zero-order valence-electron chi connectivity index (χ0n) is 35.1. The van der Waals surface area contributed by atoms with Crippen LogP contribution in [-0.2, 0) is 0 Å². The minimum Gasteiger partial charge on any atom is -0.455 e. The normalized spacial score (nSPS) is 12.0. The Morgan fingerprint density at radius 2 is 0.677 bits per heavy atom. The van der Waals surface area contributed by atoms with E-state index in [9.17, 15) is 0 Å². The summed E-state index contributed by atoms with van der Waals surface area (Å²) in [6.45, 7) is 0. The molecule has 3 aromatic heterocycles. The van der Waals surface area contributed by atoms with Crippen LogP contribution in [0, 0.1) is 0 Å². The van der Waals surface area contributed by atoms with Crippen LogP contribution >= 0.6 is 0 Å². The highest BCUT2D eigenvalue weighted by molar-refractivity contribution is 6.22. The fourth-order valence-electron chi connectivity index (χ4n) is 10.7. The molecule has 0 saturated heterocycles. The van der Waals surface area contributed by atoms with Crippen LogP contribution in [-0.4, -0.2) is 4.57 Å². The Morgan fingerprint density at radius 3 is 1.20 bits per heavy atom. The average molecular weight is 828 g/mol. The fourth-order valence-corrected chi connectivity index (χ4v) is 10.7. The molecule has 0 spiro atoms. The third-order valence-corrected chi connectivity index (χ3v) is 13.6. The van der Waals surface area contributed by atoms with Gasteiger partial charge in [0.1, 0.15) is 22.3 Å². The SMILES string of the molecule is c1ccc(-c2c3ccccc3c(-c3ccccc3)c3cc(-n4c5cc(-c6cccc7c6oc6ccccc67)ccc5c5ccc(-c6cccc7c6oc6ccccc67)cc54)ccc23)cc1.